The topological polar surface area (TPSA) is 195 Å². The van der Waals surface area contributed by atoms with E-state index in [2.05, 4.69) is 0 Å². The Hall–Kier alpha value is -3.37. The normalized spacial score (nSPS) is 38.8. The first kappa shape index (κ1) is 55.2. The van der Waals surface area contributed by atoms with Gasteiger partial charge in [0.05, 0.1) is 31.5 Å². The molecule has 2 bridgehead atoms. The van der Waals surface area contributed by atoms with Crippen molar-refractivity contribution in [3.05, 3.63) is 47.6 Å². The summed E-state index contributed by atoms with van der Waals surface area (Å²) in [5.41, 5.74) is 1.28. The van der Waals surface area contributed by atoms with Gasteiger partial charge in [0.1, 0.15) is 30.1 Å². The third kappa shape index (κ3) is 15.1. The zero-order valence-electron chi connectivity index (χ0n) is 41.2. The number of allylic oxidation sites excluding steroid dienone is 6. The number of nitrogens with zero attached hydrogens (tertiary/aromatic N) is 1. The first-order valence-electron chi connectivity index (χ1n) is 24.5. The standard InChI is InChI=1S/C52H81NO13/c1-32-15-11-10-12-16-33(2)44(62-8)30-41-21-18-38(7)52(61,66-41)49(58)50(59)53-24-14-13-17-42(53)51(60)65-45(35(4)29-39-19-22-40(23-20-39)64-26-25-54)31-43(55)34(3)28-37(6)47(57)48(63-9)46(56)36(5)27-32/h10-12,15-16,28,32,34-36,38-42,44-45,47-48,54,57,61H,13-14,17-27,29-31H2,1-9H3/b12-10+,15-11-,33-16+,37-28+/t32-,34-,35-,36-,38-,39?,40?,41+,42+,44+,45+,47-,48+,52-/m1/s1. The van der Waals surface area contributed by atoms with Crippen LogP contribution in [0.3, 0.4) is 0 Å². The van der Waals surface area contributed by atoms with Crippen LogP contribution in [0.1, 0.15) is 132 Å². The van der Waals surface area contributed by atoms with Gasteiger partial charge in [-0.05, 0) is 113 Å². The average molecular weight is 928 g/mol. The van der Waals surface area contributed by atoms with Gasteiger partial charge < -0.3 is 43.9 Å². The molecule has 0 radical (unpaired) electrons. The second-order valence-electron chi connectivity index (χ2n) is 19.8. The molecule has 3 fully saturated rings. The van der Waals surface area contributed by atoms with Gasteiger partial charge in [-0.1, -0.05) is 71.1 Å². The van der Waals surface area contributed by atoms with Crippen LogP contribution >= 0.6 is 0 Å². The van der Waals surface area contributed by atoms with E-state index in [0.29, 0.717) is 50.5 Å². The molecule has 0 aromatic carbocycles. The molecular formula is C52H81NO13. The highest BCUT2D eigenvalue weighted by molar-refractivity contribution is 6.39. The van der Waals surface area contributed by atoms with Crippen LogP contribution in [0.25, 0.3) is 0 Å². The fourth-order valence-corrected chi connectivity index (χ4v) is 10.2. The van der Waals surface area contributed by atoms with Gasteiger partial charge in [-0.2, -0.15) is 0 Å². The lowest BCUT2D eigenvalue weighted by Crippen LogP contribution is -2.61. The number of hydrogen-bond donors (Lipinski definition) is 3. The lowest BCUT2D eigenvalue weighted by molar-refractivity contribution is -0.265. The molecule has 0 unspecified atom stereocenters. The van der Waals surface area contributed by atoms with Gasteiger partial charge in [-0.3, -0.25) is 19.2 Å². The number of hydrogen-bond acceptors (Lipinski definition) is 13. The molecular weight excluding hydrogens is 847 g/mol. The van der Waals surface area contributed by atoms with Crippen molar-refractivity contribution in [1.29, 1.82) is 0 Å². The molecule has 1 amide bonds. The molecule has 0 aromatic rings. The van der Waals surface area contributed by atoms with Gasteiger partial charge >= 0.3 is 5.97 Å². The number of piperidine rings is 1. The van der Waals surface area contributed by atoms with E-state index in [1.165, 1.54) is 12.0 Å². The lowest BCUT2D eigenvalue weighted by atomic mass is 9.79. The van der Waals surface area contributed by atoms with Gasteiger partial charge in [-0.25, -0.2) is 4.79 Å². The summed E-state index contributed by atoms with van der Waals surface area (Å²) >= 11 is 0. The Morgan fingerprint density at radius 1 is 0.879 bits per heavy atom. The Bertz CT molecular complexity index is 1750. The first-order chi connectivity index (χ1) is 31.3. The van der Waals surface area contributed by atoms with Crippen LogP contribution in [-0.2, 0) is 47.7 Å². The van der Waals surface area contributed by atoms with Crippen molar-refractivity contribution >= 4 is 29.2 Å². The van der Waals surface area contributed by atoms with E-state index in [1.807, 2.05) is 58.1 Å². The molecule has 3 heterocycles. The Balaban J connectivity index is 1.68. The van der Waals surface area contributed by atoms with E-state index in [0.717, 1.165) is 31.3 Å². The van der Waals surface area contributed by atoms with Crippen LogP contribution in [0.2, 0.25) is 0 Å². The van der Waals surface area contributed by atoms with E-state index in [9.17, 15) is 39.3 Å². The molecule has 4 aliphatic rings. The molecule has 372 valence electrons. The number of cyclic esters (lactones) is 1. The molecule has 3 aliphatic heterocycles. The maximum absolute atomic E-state index is 14.4. The first-order valence-corrected chi connectivity index (χ1v) is 24.5. The van der Waals surface area contributed by atoms with Crippen LogP contribution in [0.5, 0.6) is 0 Å². The van der Waals surface area contributed by atoms with Gasteiger partial charge in [-0.15, -0.1) is 0 Å². The number of fused-ring (bicyclic) bond motifs is 3. The molecule has 12 atom stereocenters. The summed E-state index contributed by atoms with van der Waals surface area (Å²) in [5.74, 6) is -7.60. The number of rotatable bonds is 8. The van der Waals surface area contributed by atoms with E-state index in [-0.39, 0.29) is 68.0 Å². The molecule has 66 heavy (non-hydrogen) atoms. The zero-order valence-corrected chi connectivity index (χ0v) is 41.2. The summed E-state index contributed by atoms with van der Waals surface area (Å²) in [6.07, 6.45) is 14.0. The Morgan fingerprint density at radius 2 is 1.59 bits per heavy atom. The third-order valence-electron chi connectivity index (χ3n) is 14.5. The largest absolute Gasteiger partial charge is 0.460 e. The summed E-state index contributed by atoms with van der Waals surface area (Å²) in [7, 11) is 2.96. The summed E-state index contributed by atoms with van der Waals surface area (Å²) < 4.78 is 29.6. The van der Waals surface area contributed by atoms with Gasteiger partial charge in [0.25, 0.3) is 11.7 Å². The minimum atomic E-state index is -2.42. The smallest absolute Gasteiger partial charge is 0.329 e. The molecule has 4 rings (SSSR count). The molecule has 0 spiro atoms. The Kier molecular flexibility index (Phi) is 22.1. The predicted octanol–water partition coefficient (Wildman–Crippen LogP) is 6.57. The third-order valence-corrected chi connectivity index (χ3v) is 14.5. The highest BCUT2D eigenvalue weighted by Gasteiger charge is 2.53. The summed E-state index contributed by atoms with van der Waals surface area (Å²) in [6.45, 7) is 13.1. The number of carbonyl (C=O) groups is 5. The predicted molar refractivity (Wildman–Crippen MR) is 250 cm³/mol. The molecule has 2 saturated heterocycles. The van der Waals surface area contributed by atoms with Crippen molar-refractivity contribution in [2.75, 3.05) is 34.0 Å². The molecule has 3 N–H and O–H groups in total. The lowest BCUT2D eigenvalue weighted by Gasteiger charge is -2.42. The molecule has 14 nitrogen and oxygen atoms in total. The molecule has 14 heteroatoms. The minimum absolute atomic E-state index is 0.0238. The second-order valence-corrected chi connectivity index (χ2v) is 19.8. The maximum atomic E-state index is 14.4. The zero-order chi connectivity index (χ0) is 48.7. The number of Topliss-reactive ketones (excluding diaryl/α,β-unsaturated/α-hetero) is 3. The van der Waals surface area contributed by atoms with Crippen molar-refractivity contribution in [3.63, 3.8) is 0 Å². The number of aliphatic hydroxyl groups excluding tert-OH is 2. The number of ketones is 3. The number of carbonyl (C=O) groups excluding carboxylic acids is 5. The number of methoxy groups -OCH3 is 2. The van der Waals surface area contributed by atoms with Gasteiger partial charge in [0.15, 0.2) is 5.78 Å². The summed E-state index contributed by atoms with van der Waals surface area (Å²) in [6, 6.07) is -1.12. The summed E-state index contributed by atoms with van der Waals surface area (Å²) in [4.78, 5) is 71.9. The van der Waals surface area contributed by atoms with Crippen molar-refractivity contribution in [3.8, 4) is 0 Å². The number of ether oxygens (including phenoxy) is 5. The van der Waals surface area contributed by atoms with Crippen LogP contribution in [0, 0.1) is 35.5 Å². The van der Waals surface area contributed by atoms with Crippen LogP contribution in [0.15, 0.2) is 47.6 Å². The minimum Gasteiger partial charge on any atom is -0.460 e. The quantitative estimate of drug-likeness (QED) is 0.135. The van der Waals surface area contributed by atoms with Crippen LogP contribution < -0.4 is 0 Å². The van der Waals surface area contributed by atoms with E-state index >= 15 is 0 Å². The van der Waals surface area contributed by atoms with E-state index in [1.54, 1.807) is 34.0 Å². The second kappa shape index (κ2) is 26.4. The average Bonchev–Trinajstić information content (AvgIpc) is 3.30. The van der Waals surface area contributed by atoms with E-state index < -0.39 is 77.8 Å². The van der Waals surface area contributed by atoms with Crippen molar-refractivity contribution in [2.24, 2.45) is 35.5 Å². The van der Waals surface area contributed by atoms with Crippen LogP contribution in [-0.4, -0.2) is 132 Å². The maximum Gasteiger partial charge on any atom is 0.329 e. The fraction of sp³-hybridized carbons (Fsp3) is 0.750. The van der Waals surface area contributed by atoms with Crippen molar-refractivity contribution in [1.82, 2.24) is 4.90 Å². The number of aliphatic hydroxyl groups is 3. The highest BCUT2D eigenvalue weighted by Crippen LogP contribution is 2.38. The van der Waals surface area contributed by atoms with Crippen LogP contribution in [0.4, 0.5) is 0 Å². The van der Waals surface area contributed by atoms with Gasteiger partial charge in [0.2, 0.25) is 5.79 Å². The molecule has 1 saturated carbocycles. The highest BCUT2D eigenvalue weighted by atomic mass is 16.6. The van der Waals surface area contributed by atoms with Crippen molar-refractivity contribution < 1.29 is 63.0 Å². The van der Waals surface area contributed by atoms with Gasteiger partial charge in [0, 0.05) is 51.4 Å². The monoisotopic (exact) mass is 928 g/mol. The summed E-state index contributed by atoms with van der Waals surface area (Å²) in [5, 5.41) is 32.6. The Morgan fingerprint density at radius 3 is 2.26 bits per heavy atom. The molecule has 1 aliphatic carbocycles. The number of esters is 1. The fourth-order valence-electron chi connectivity index (χ4n) is 10.2. The van der Waals surface area contributed by atoms with Crippen molar-refractivity contribution in [2.45, 2.75) is 180 Å². The van der Waals surface area contributed by atoms with E-state index in [4.69, 9.17) is 23.7 Å². The Labute approximate surface area is 393 Å². The molecule has 0 aromatic heterocycles. The SMILES string of the molecule is CO[C@H]1C[C@@H]2CC[C@@H](C)[C@@](O)(O2)C(=O)C(=O)N2CCCC[C@H]2C(=O)O[C@H]([C@H](C)CC2CCC(OCCO)CC2)CC(=O)[C@H](C)/C=C(\C)[C@@H](O)[C@@H](OC)C(=O)[C@H](C)C[C@H](C)\C=C/C=C/C=C/1C. The number of amides is 1.